The third kappa shape index (κ3) is 8.41. The quantitative estimate of drug-likeness (QED) is 0.128. The summed E-state index contributed by atoms with van der Waals surface area (Å²) in [6.45, 7) is 3.04. The second-order valence-corrected chi connectivity index (χ2v) is 10.4. The van der Waals surface area contributed by atoms with Gasteiger partial charge in [-0.25, -0.2) is 4.39 Å². The molecule has 0 fully saturated rings. The number of hydrogen-bond donors (Lipinski definition) is 1. The molecule has 0 aliphatic heterocycles. The minimum absolute atomic E-state index is 0.0374. The fourth-order valence-electron chi connectivity index (χ4n) is 4.94. The molecule has 0 bridgehead atoms. The smallest absolute Gasteiger partial charge is 0.405 e. The lowest BCUT2D eigenvalue weighted by atomic mass is 9.95. The van der Waals surface area contributed by atoms with Gasteiger partial charge in [0.2, 0.25) is 0 Å². The number of ketones is 1. The Kier molecular flexibility index (Phi) is 9.98. The fraction of sp³-hybridized carbons (Fsp3) is 0.344. The number of aryl methyl sites for hydroxylation is 1. The van der Waals surface area contributed by atoms with Gasteiger partial charge in [0.1, 0.15) is 23.9 Å². The average Bonchev–Trinajstić information content (AvgIpc) is 3.37. The van der Waals surface area contributed by atoms with E-state index in [1.165, 1.54) is 30.3 Å². The van der Waals surface area contributed by atoms with Crippen molar-refractivity contribution in [3.63, 3.8) is 0 Å². The van der Waals surface area contributed by atoms with Crippen molar-refractivity contribution in [1.29, 1.82) is 0 Å². The van der Waals surface area contributed by atoms with E-state index in [1.54, 1.807) is 37.3 Å². The average molecular weight is 584 g/mol. The second kappa shape index (κ2) is 13.6. The molecule has 1 atom stereocenters. The highest BCUT2D eigenvalue weighted by Gasteiger charge is 2.28. The van der Waals surface area contributed by atoms with Gasteiger partial charge < -0.3 is 10.1 Å². The summed E-state index contributed by atoms with van der Waals surface area (Å²) >= 11 is 0. The summed E-state index contributed by atoms with van der Waals surface area (Å²) in [5.41, 5.74) is 2.02. The van der Waals surface area contributed by atoms with Gasteiger partial charge >= 0.3 is 6.18 Å². The highest BCUT2D eigenvalue weighted by atomic mass is 19.4. The van der Waals surface area contributed by atoms with Gasteiger partial charge in [-0.3, -0.25) is 14.3 Å². The highest BCUT2D eigenvalue weighted by molar-refractivity contribution is 6.00. The van der Waals surface area contributed by atoms with Crippen molar-refractivity contribution in [2.24, 2.45) is 5.92 Å². The third-order valence-electron chi connectivity index (χ3n) is 7.08. The van der Waals surface area contributed by atoms with E-state index in [-0.39, 0.29) is 23.1 Å². The highest BCUT2D eigenvalue weighted by Crippen LogP contribution is 2.25. The molecule has 4 rings (SSSR count). The molecule has 10 heteroatoms. The Balaban J connectivity index is 1.32. The van der Waals surface area contributed by atoms with Crippen LogP contribution in [0.5, 0.6) is 11.5 Å². The minimum Gasteiger partial charge on any atom is -0.457 e. The maximum Gasteiger partial charge on any atom is 0.405 e. The zero-order valence-corrected chi connectivity index (χ0v) is 23.5. The Morgan fingerprint density at radius 2 is 1.64 bits per heavy atom. The largest absolute Gasteiger partial charge is 0.457 e. The van der Waals surface area contributed by atoms with Crippen LogP contribution in [0.1, 0.15) is 65.3 Å². The number of fused-ring (bicyclic) bond motifs is 1. The van der Waals surface area contributed by atoms with E-state index in [0.717, 1.165) is 19.3 Å². The number of aromatic nitrogens is 2. The van der Waals surface area contributed by atoms with E-state index in [4.69, 9.17) is 4.74 Å². The number of alkyl halides is 3. The van der Waals surface area contributed by atoms with Crippen molar-refractivity contribution >= 4 is 22.6 Å². The van der Waals surface area contributed by atoms with E-state index in [1.807, 2.05) is 16.2 Å². The van der Waals surface area contributed by atoms with Crippen LogP contribution in [-0.2, 0) is 6.54 Å². The Morgan fingerprint density at radius 3 is 2.29 bits per heavy atom. The molecule has 42 heavy (non-hydrogen) atoms. The molecular weight excluding hydrogens is 550 g/mol. The van der Waals surface area contributed by atoms with E-state index in [0.29, 0.717) is 52.9 Å². The van der Waals surface area contributed by atoms with E-state index >= 15 is 0 Å². The van der Waals surface area contributed by atoms with Crippen molar-refractivity contribution in [3.05, 3.63) is 89.4 Å². The number of hydrogen-bond acceptors (Lipinski definition) is 4. The first-order chi connectivity index (χ1) is 20.0. The molecule has 4 aromatic rings. The van der Waals surface area contributed by atoms with Crippen LogP contribution in [0.3, 0.4) is 0 Å². The molecule has 1 N–H and O–H groups in total. The van der Waals surface area contributed by atoms with Crippen molar-refractivity contribution in [2.45, 2.75) is 58.7 Å². The van der Waals surface area contributed by atoms with Crippen LogP contribution in [0.4, 0.5) is 17.6 Å². The molecule has 1 amide bonds. The van der Waals surface area contributed by atoms with Crippen LogP contribution in [0.15, 0.2) is 66.9 Å². The summed E-state index contributed by atoms with van der Waals surface area (Å²) in [6.07, 6.45) is 1.19. The van der Waals surface area contributed by atoms with Crippen molar-refractivity contribution in [1.82, 2.24) is 15.1 Å². The molecule has 0 aliphatic carbocycles. The Morgan fingerprint density at radius 1 is 0.976 bits per heavy atom. The van der Waals surface area contributed by atoms with Crippen molar-refractivity contribution < 1.29 is 31.9 Å². The monoisotopic (exact) mass is 583 g/mol. The molecule has 3 aromatic carbocycles. The lowest BCUT2D eigenvalue weighted by Gasteiger charge is -2.16. The molecule has 0 aliphatic rings. The van der Waals surface area contributed by atoms with E-state index < -0.39 is 18.6 Å². The van der Waals surface area contributed by atoms with Crippen LogP contribution < -0.4 is 10.1 Å². The second-order valence-electron chi connectivity index (χ2n) is 10.4. The molecule has 222 valence electrons. The standard InChI is InChI=1S/C32H33F4N3O3/c1-3-5-22(6-4-7-30(40)23-8-12-25(13-9-23)42-26-14-10-24(33)11-15-26)18-39-19-28-21(2)27(16-17-29(28)38-39)31(41)37-20-32(34,35)36/h8-17,19,22H,3-7,18,20H2,1-2H3,(H,37,41). The number of benzene rings is 3. The van der Waals surface area contributed by atoms with Gasteiger partial charge in [0, 0.05) is 35.7 Å². The van der Waals surface area contributed by atoms with Crippen LogP contribution in [0.2, 0.25) is 0 Å². The maximum atomic E-state index is 13.1. The SMILES string of the molecule is CCCC(CCCC(=O)c1ccc(Oc2ccc(F)cc2)cc1)Cn1cc2c(C)c(C(=O)NCC(F)(F)F)ccc2n1. The first kappa shape index (κ1) is 30.7. The van der Waals surface area contributed by atoms with Crippen LogP contribution in [0, 0.1) is 18.7 Å². The van der Waals surface area contributed by atoms with Crippen molar-refractivity contribution in [3.8, 4) is 11.5 Å². The molecule has 6 nitrogen and oxygen atoms in total. The number of nitrogens with one attached hydrogen (secondary N) is 1. The van der Waals surface area contributed by atoms with Gasteiger partial charge in [0.25, 0.3) is 5.91 Å². The van der Waals surface area contributed by atoms with Gasteiger partial charge in [-0.05, 0) is 98.3 Å². The van der Waals surface area contributed by atoms with Gasteiger partial charge in [0.05, 0.1) is 5.52 Å². The first-order valence-electron chi connectivity index (χ1n) is 13.9. The van der Waals surface area contributed by atoms with Gasteiger partial charge in [-0.1, -0.05) is 13.3 Å². The topological polar surface area (TPSA) is 73.2 Å². The Hall–Kier alpha value is -4.21. The number of carbonyl (C=O) groups is 2. The lowest BCUT2D eigenvalue weighted by molar-refractivity contribution is -0.123. The summed E-state index contributed by atoms with van der Waals surface area (Å²) in [6, 6.07) is 15.7. The van der Waals surface area contributed by atoms with E-state index in [2.05, 4.69) is 12.0 Å². The molecule has 0 radical (unpaired) electrons. The molecule has 0 saturated carbocycles. The number of Topliss-reactive ketones (excluding diaryl/α,β-unsaturated/α-hetero) is 1. The number of amides is 1. The Bertz CT molecular complexity index is 1510. The van der Waals surface area contributed by atoms with Gasteiger partial charge in [-0.2, -0.15) is 18.3 Å². The minimum atomic E-state index is -4.48. The Labute approximate surface area is 241 Å². The fourth-order valence-corrected chi connectivity index (χ4v) is 4.94. The van der Waals surface area contributed by atoms with Crippen molar-refractivity contribution in [2.75, 3.05) is 6.54 Å². The third-order valence-corrected chi connectivity index (χ3v) is 7.08. The van der Waals surface area contributed by atoms with Crippen LogP contribution in [0.25, 0.3) is 10.9 Å². The zero-order valence-electron chi connectivity index (χ0n) is 23.5. The molecule has 1 aromatic heterocycles. The van der Waals surface area contributed by atoms with Gasteiger partial charge in [0.15, 0.2) is 5.78 Å². The number of nitrogens with zero attached hydrogens (tertiary/aromatic N) is 2. The first-order valence-corrected chi connectivity index (χ1v) is 13.9. The number of halogens is 4. The number of ether oxygens (including phenoxy) is 1. The summed E-state index contributed by atoms with van der Waals surface area (Å²) in [5.74, 6) is 0.251. The van der Waals surface area contributed by atoms with Crippen LogP contribution in [-0.4, -0.2) is 34.2 Å². The van der Waals surface area contributed by atoms with E-state index in [9.17, 15) is 27.2 Å². The predicted molar refractivity (Wildman–Crippen MR) is 152 cm³/mol. The molecule has 1 heterocycles. The van der Waals surface area contributed by atoms with Gasteiger partial charge in [-0.15, -0.1) is 0 Å². The molecule has 1 unspecified atom stereocenters. The normalized spacial score (nSPS) is 12.3. The molecule has 0 saturated heterocycles. The maximum absolute atomic E-state index is 13.1. The number of rotatable bonds is 13. The summed E-state index contributed by atoms with van der Waals surface area (Å²) in [5, 5.41) is 7.26. The molecular formula is C32H33F4N3O3. The lowest BCUT2D eigenvalue weighted by Crippen LogP contribution is -2.34. The predicted octanol–water partition coefficient (Wildman–Crippen LogP) is 8.04. The summed E-state index contributed by atoms with van der Waals surface area (Å²) in [7, 11) is 0. The number of carbonyl (C=O) groups excluding carboxylic acids is 2. The summed E-state index contributed by atoms with van der Waals surface area (Å²) < 4.78 is 58.2. The van der Waals surface area contributed by atoms with Crippen LogP contribution >= 0.6 is 0 Å². The zero-order chi connectivity index (χ0) is 30.3. The summed E-state index contributed by atoms with van der Waals surface area (Å²) in [4.78, 5) is 25.1. The molecule has 0 spiro atoms.